The van der Waals surface area contributed by atoms with E-state index in [0.29, 0.717) is 10.8 Å². The fourth-order valence-corrected chi connectivity index (χ4v) is 6.30. The highest BCUT2D eigenvalue weighted by Gasteiger charge is 2.61. The zero-order valence-corrected chi connectivity index (χ0v) is 24.7. The van der Waals surface area contributed by atoms with Crippen molar-refractivity contribution in [3.63, 3.8) is 0 Å². The number of carbonyl (C=O) groups excluding carboxylic acids is 1. The zero-order chi connectivity index (χ0) is 31.8. The van der Waals surface area contributed by atoms with Crippen molar-refractivity contribution in [3.05, 3.63) is 55.1 Å². The van der Waals surface area contributed by atoms with Gasteiger partial charge in [-0.1, -0.05) is 36.4 Å². The molecule has 5 rings (SSSR count). The standard InChI is InChI=1S/C27H31F2N6O8P/c1-14(2)41-25(38)15(3)34-44(39,43-18-10-6-8-16-7-4-5-9-17(16)18)40-11-27(26(28)29)21(37)20(36)24(42-27)35-13-33-19-22(30)31-12-32-23(19)35/h4-10,12-15,20-21,24,26,36-37H,11H2,1-3H3,(H,34,39)(H2,30,31,32)/t15-,20-,21-,24+,27+,44?/m0/s1. The van der Waals surface area contributed by atoms with Gasteiger partial charge in [0.1, 0.15) is 35.8 Å². The summed E-state index contributed by atoms with van der Waals surface area (Å²) in [5.41, 5.74) is 3.05. The van der Waals surface area contributed by atoms with Gasteiger partial charge in [-0.05, 0) is 32.2 Å². The Bertz CT molecular complexity index is 1700. The molecule has 1 aliphatic heterocycles. The molecule has 1 aliphatic rings. The predicted octanol–water partition coefficient (Wildman–Crippen LogP) is 2.95. The van der Waals surface area contributed by atoms with Crippen LogP contribution in [0.4, 0.5) is 14.6 Å². The second-order valence-electron chi connectivity index (χ2n) is 10.5. The van der Waals surface area contributed by atoms with E-state index in [1.165, 1.54) is 13.0 Å². The van der Waals surface area contributed by atoms with Crippen molar-refractivity contribution in [1.29, 1.82) is 0 Å². The van der Waals surface area contributed by atoms with Crippen molar-refractivity contribution in [2.24, 2.45) is 0 Å². The fourth-order valence-electron chi connectivity index (χ4n) is 4.75. The van der Waals surface area contributed by atoms with Gasteiger partial charge in [-0.15, -0.1) is 0 Å². The van der Waals surface area contributed by atoms with Crippen LogP contribution in [-0.2, 0) is 23.4 Å². The van der Waals surface area contributed by atoms with Crippen molar-refractivity contribution in [2.75, 3.05) is 12.3 Å². The van der Waals surface area contributed by atoms with Crippen molar-refractivity contribution in [3.8, 4) is 5.75 Å². The molecular formula is C27H31F2N6O8P. The molecule has 2 aromatic heterocycles. The van der Waals surface area contributed by atoms with Gasteiger partial charge in [0.05, 0.1) is 19.0 Å². The van der Waals surface area contributed by atoms with Gasteiger partial charge in [0, 0.05) is 5.39 Å². The number of imidazole rings is 1. The van der Waals surface area contributed by atoms with Crippen LogP contribution < -0.4 is 15.3 Å². The number of fused-ring (bicyclic) bond motifs is 2. The fraction of sp³-hybridized carbons (Fsp3) is 0.407. The van der Waals surface area contributed by atoms with Gasteiger partial charge in [0.15, 0.2) is 23.3 Å². The molecule has 5 N–H and O–H groups in total. The Balaban J connectivity index is 1.47. The minimum absolute atomic E-state index is 0.00653. The van der Waals surface area contributed by atoms with E-state index in [1.807, 2.05) is 0 Å². The largest absolute Gasteiger partial charge is 0.462 e. The highest BCUT2D eigenvalue weighted by Crippen LogP contribution is 2.50. The molecular weight excluding hydrogens is 605 g/mol. The SMILES string of the molecule is CC(C)OC(=O)[C@H](C)NP(=O)(OC[C@@]1(C(F)F)O[C@@H](n2cnc3c(N)ncnc32)[C@@H](O)[C@@H]1O)Oc1cccc2ccccc12. The summed E-state index contributed by atoms with van der Waals surface area (Å²) in [4.78, 5) is 24.4. The molecule has 17 heteroatoms. The van der Waals surface area contributed by atoms with E-state index in [1.54, 1.807) is 50.2 Å². The molecule has 0 aliphatic carbocycles. The van der Waals surface area contributed by atoms with Gasteiger partial charge < -0.3 is 29.9 Å². The van der Waals surface area contributed by atoms with Crippen molar-refractivity contribution >= 4 is 41.5 Å². The van der Waals surface area contributed by atoms with Crippen molar-refractivity contribution in [1.82, 2.24) is 24.6 Å². The van der Waals surface area contributed by atoms with Gasteiger partial charge in [0.25, 0.3) is 6.43 Å². The number of nitrogens with zero attached hydrogens (tertiary/aromatic N) is 4. The molecule has 0 radical (unpaired) electrons. The maximum atomic E-state index is 14.8. The number of alkyl halides is 2. The van der Waals surface area contributed by atoms with Crippen LogP contribution in [0.25, 0.3) is 21.9 Å². The van der Waals surface area contributed by atoms with Gasteiger partial charge >= 0.3 is 13.7 Å². The van der Waals surface area contributed by atoms with E-state index in [4.69, 9.17) is 24.3 Å². The van der Waals surface area contributed by atoms with Crippen LogP contribution in [0.2, 0.25) is 0 Å². The van der Waals surface area contributed by atoms with Gasteiger partial charge in [0.2, 0.25) is 0 Å². The van der Waals surface area contributed by atoms with Gasteiger partial charge in [-0.25, -0.2) is 28.3 Å². The zero-order valence-electron chi connectivity index (χ0n) is 23.8. The number of benzene rings is 2. The maximum absolute atomic E-state index is 14.8. The molecule has 0 spiro atoms. The molecule has 44 heavy (non-hydrogen) atoms. The first kappa shape index (κ1) is 31.6. The topological polar surface area (TPSA) is 193 Å². The van der Waals surface area contributed by atoms with E-state index in [-0.39, 0.29) is 22.7 Å². The number of hydrogen-bond donors (Lipinski definition) is 4. The number of hydrogen-bond acceptors (Lipinski definition) is 12. The second-order valence-corrected chi connectivity index (χ2v) is 12.2. The number of nitrogens with one attached hydrogen (secondary N) is 1. The van der Waals surface area contributed by atoms with Crippen LogP contribution in [0.5, 0.6) is 5.75 Å². The maximum Gasteiger partial charge on any atom is 0.459 e. The molecule has 2 aromatic carbocycles. The Morgan fingerprint density at radius 2 is 1.89 bits per heavy atom. The molecule has 14 nitrogen and oxygen atoms in total. The summed E-state index contributed by atoms with van der Waals surface area (Å²) >= 11 is 0. The van der Waals surface area contributed by atoms with E-state index >= 15 is 0 Å². The van der Waals surface area contributed by atoms with Crippen LogP contribution >= 0.6 is 7.75 Å². The van der Waals surface area contributed by atoms with Crippen LogP contribution in [0.1, 0.15) is 27.0 Å². The summed E-state index contributed by atoms with van der Waals surface area (Å²) in [7, 11) is -4.72. The summed E-state index contributed by atoms with van der Waals surface area (Å²) in [6.45, 7) is 3.31. The smallest absolute Gasteiger partial charge is 0.459 e. The number of aromatic nitrogens is 4. The molecule has 236 valence electrons. The highest BCUT2D eigenvalue weighted by atomic mass is 31.2. The number of nitrogen functional groups attached to an aromatic ring is 1. The van der Waals surface area contributed by atoms with Crippen LogP contribution in [0.3, 0.4) is 0 Å². The Morgan fingerprint density at radius 3 is 2.61 bits per heavy atom. The summed E-state index contributed by atoms with van der Waals surface area (Å²) < 4.78 is 66.9. The number of nitrogens with two attached hydrogens (primary N) is 1. The lowest BCUT2D eigenvalue weighted by molar-refractivity contribution is -0.191. The number of ether oxygens (including phenoxy) is 2. The lowest BCUT2D eigenvalue weighted by atomic mass is 9.96. The summed E-state index contributed by atoms with van der Waals surface area (Å²) in [6.07, 6.45) is -7.56. The van der Waals surface area contributed by atoms with Gasteiger partial charge in [-0.2, -0.15) is 5.09 Å². The lowest BCUT2D eigenvalue weighted by Crippen LogP contribution is -2.53. The summed E-state index contributed by atoms with van der Waals surface area (Å²) in [6, 6.07) is 10.6. The number of anilines is 1. The minimum atomic E-state index is -4.72. The number of aliphatic hydroxyl groups is 2. The Morgan fingerprint density at radius 1 is 1.16 bits per heavy atom. The third-order valence-electron chi connectivity index (χ3n) is 6.97. The van der Waals surface area contributed by atoms with Gasteiger partial charge in [-0.3, -0.25) is 13.9 Å². The van der Waals surface area contributed by atoms with Crippen LogP contribution in [0.15, 0.2) is 55.1 Å². The third-order valence-corrected chi connectivity index (χ3v) is 8.58. The molecule has 1 unspecified atom stereocenters. The molecule has 1 saturated heterocycles. The van der Waals surface area contributed by atoms with E-state index in [2.05, 4.69) is 20.0 Å². The monoisotopic (exact) mass is 636 g/mol. The molecule has 0 saturated carbocycles. The Kier molecular flexibility index (Phi) is 8.84. The first-order chi connectivity index (χ1) is 20.8. The molecule has 6 atom stereocenters. The second kappa shape index (κ2) is 12.3. The normalized spacial score (nSPS) is 24.2. The van der Waals surface area contributed by atoms with E-state index in [0.717, 1.165) is 17.2 Å². The number of carbonyl (C=O) groups is 1. The Hall–Kier alpha value is -3.79. The molecule has 3 heterocycles. The first-order valence-corrected chi connectivity index (χ1v) is 15.0. The lowest BCUT2D eigenvalue weighted by Gasteiger charge is -2.32. The number of halogens is 2. The average molecular weight is 637 g/mol. The highest BCUT2D eigenvalue weighted by molar-refractivity contribution is 7.52. The molecule has 1 fully saturated rings. The Labute approximate surface area is 249 Å². The summed E-state index contributed by atoms with van der Waals surface area (Å²) in [5.74, 6) is -0.759. The molecule has 0 bridgehead atoms. The van der Waals surface area contributed by atoms with E-state index in [9.17, 15) is 28.4 Å². The van der Waals surface area contributed by atoms with E-state index < -0.39 is 62.9 Å². The molecule has 0 amide bonds. The minimum Gasteiger partial charge on any atom is -0.462 e. The van der Waals surface area contributed by atoms with Crippen LogP contribution in [0, 0.1) is 0 Å². The number of aliphatic hydroxyl groups excluding tert-OH is 2. The number of esters is 1. The van der Waals surface area contributed by atoms with Crippen molar-refractivity contribution < 1.29 is 46.9 Å². The molecule has 4 aromatic rings. The first-order valence-electron chi connectivity index (χ1n) is 13.5. The quantitative estimate of drug-likeness (QED) is 0.139. The summed E-state index contributed by atoms with van der Waals surface area (Å²) in [5, 5.41) is 25.4. The van der Waals surface area contributed by atoms with Crippen LogP contribution in [-0.4, -0.2) is 78.7 Å². The average Bonchev–Trinajstić information content (AvgIpc) is 3.52. The third kappa shape index (κ3) is 5.96. The number of rotatable bonds is 11. The predicted molar refractivity (Wildman–Crippen MR) is 153 cm³/mol. The van der Waals surface area contributed by atoms with Crippen molar-refractivity contribution in [2.45, 2.75) is 63.4 Å².